The molecule has 37 heavy (non-hydrogen) atoms. The van der Waals surface area contributed by atoms with Crippen LogP contribution in [-0.2, 0) is 16.0 Å². The first-order valence-corrected chi connectivity index (χ1v) is 14.0. The number of halogens is 1. The number of ether oxygens (including phenoxy) is 2. The Kier molecular flexibility index (Phi) is 8.13. The number of nitrogens with zero attached hydrogens (tertiary/aromatic N) is 2. The molecule has 2 aliphatic rings. The maximum absolute atomic E-state index is 13.8. The molecule has 2 amide bonds. The van der Waals surface area contributed by atoms with Gasteiger partial charge in [0.1, 0.15) is 18.9 Å². The van der Waals surface area contributed by atoms with Crippen LogP contribution in [0.2, 0.25) is 5.02 Å². The zero-order valence-corrected chi connectivity index (χ0v) is 22.5. The number of thiophene rings is 1. The summed E-state index contributed by atoms with van der Waals surface area (Å²) in [6.45, 7) is 3.95. The number of benzene rings is 2. The first kappa shape index (κ1) is 25.8. The summed E-state index contributed by atoms with van der Waals surface area (Å²) in [6.07, 6.45) is 2.54. The van der Waals surface area contributed by atoms with Gasteiger partial charge < -0.3 is 19.3 Å². The highest BCUT2D eigenvalue weighted by atomic mass is 35.5. The van der Waals surface area contributed by atoms with Crippen molar-refractivity contribution in [2.45, 2.75) is 38.3 Å². The van der Waals surface area contributed by atoms with Crippen LogP contribution in [0.5, 0.6) is 5.75 Å². The van der Waals surface area contributed by atoms with E-state index >= 15 is 0 Å². The van der Waals surface area contributed by atoms with E-state index in [1.54, 1.807) is 40.5 Å². The van der Waals surface area contributed by atoms with E-state index in [1.807, 2.05) is 36.1 Å². The third-order valence-electron chi connectivity index (χ3n) is 7.07. The second-order valence-electron chi connectivity index (χ2n) is 9.53. The molecule has 194 valence electrons. The van der Waals surface area contributed by atoms with Gasteiger partial charge in [-0.2, -0.15) is 0 Å². The molecular formula is C29H31ClN2O4S. The Labute approximate surface area is 226 Å². The minimum absolute atomic E-state index is 0.0374. The zero-order valence-electron chi connectivity index (χ0n) is 20.9. The molecule has 1 saturated heterocycles. The van der Waals surface area contributed by atoms with E-state index in [0.717, 1.165) is 36.1 Å². The molecule has 2 aliphatic heterocycles. The van der Waals surface area contributed by atoms with Gasteiger partial charge in [0.05, 0.1) is 22.7 Å². The van der Waals surface area contributed by atoms with Crippen molar-refractivity contribution in [3.63, 3.8) is 0 Å². The SMILES string of the molecule is Cc1ccccc1OCC1c2ccsc2CCN1C(=O)CN(CC1CCCO1)C(=O)c1ccccc1Cl. The number of carbonyl (C=O) groups excluding carboxylic acids is 2. The van der Waals surface area contributed by atoms with E-state index in [2.05, 4.69) is 11.4 Å². The molecule has 8 heteroatoms. The molecule has 0 saturated carbocycles. The molecule has 2 atom stereocenters. The Bertz CT molecular complexity index is 1260. The van der Waals surface area contributed by atoms with Crippen molar-refractivity contribution < 1.29 is 19.1 Å². The number of aryl methyl sites for hydroxylation is 1. The Balaban J connectivity index is 1.37. The highest BCUT2D eigenvalue weighted by Crippen LogP contribution is 2.34. The van der Waals surface area contributed by atoms with Gasteiger partial charge in [0.2, 0.25) is 5.91 Å². The van der Waals surface area contributed by atoms with Crippen molar-refractivity contribution in [2.24, 2.45) is 0 Å². The maximum Gasteiger partial charge on any atom is 0.255 e. The molecule has 0 aliphatic carbocycles. The minimum Gasteiger partial charge on any atom is -0.491 e. The minimum atomic E-state index is -0.254. The largest absolute Gasteiger partial charge is 0.491 e. The van der Waals surface area contributed by atoms with E-state index in [9.17, 15) is 9.59 Å². The Morgan fingerprint density at radius 1 is 1.16 bits per heavy atom. The van der Waals surface area contributed by atoms with Crippen LogP contribution < -0.4 is 4.74 Å². The highest BCUT2D eigenvalue weighted by molar-refractivity contribution is 7.10. The monoisotopic (exact) mass is 538 g/mol. The molecule has 3 heterocycles. The van der Waals surface area contributed by atoms with Crippen LogP contribution in [0.15, 0.2) is 60.0 Å². The van der Waals surface area contributed by atoms with Crippen molar-refractivity contribution in [1.82, 2.24) is 9.80 Å². The molecule has 6 nitrogen and oxygen atoms in total. The summed E-state index contributed by atoms with van der Waals surface area (Å²) in [5, 5.41) is 2.45. The number of para-hydroxylation sites is 1. The second-order valence-corrected chi connectivity index (χ2v) is 10.9. The van der Waals surface area contributed by atoms with Gasteiger partial charge in [-0.3, -0.25) is 9.59 Å². The van der Waals surface area contributed by atoms with Crippen LogP contribution in [0.4, 0.5) is 0 Å². The standard InChI is InChI=1S/C29H31ClN2O4S/c1-20-7-2-5-11-26(20)36-19-25-23-13-16-37-27(23)12-14-32(25)28(33)18-31(17-21-8-6-15-35-21)29(34)22-9-3-4-10-24(22)30/h2-5,7,9-11,13,16,21,25H,6,8,12,14-15,17-19H2,1H3. The van der Waals surface area contributed by atoms with E-state index < -0.39 is 0 Å². The van der Waals surface area contributed by atoms with Gasteiger partial charge in [-0.1, -0.05) is 41.9 Å². The summed E-state index contributed by atoms with van der Waals surface area (Å²) in [5.41, 5.74) is 2.57. The fourth-order valence-corrected chi connectivity index (χ4v) is 6.22. The summed E-state index contributed by atoms with van der Waals surface area (Å²) in [5.74, 6) is 0.454. The lowest BCUT2D eigenvalue weighted by Gasteiger charge is -2.37. The average molecular weight is 539 g/mol. The lowest BCUT2D eigenvalue weighted by atomic mass is 10.00. The number of hydrogen-bond acceptors (Lipinski definition) is 5. The number of hydrogen-bond donors (Lipinski definition) is 0. The number of amides is 2. The fourth-order valence-electron chi connectivity index (χ4n) is 5.07. The van der Waals surface area contributed by atoms with Crippen LogP contribution in [0, 0.1) is 6.92 Å². The summed E-state index contributed by atoms with van der Waals surface area (Å²) < 4.78 is 12.0. The molecule has 1 aromatic heterocycles. The van der Waals surface area contributed by atoms with Crippen molar-refractivity contribution >= 4 is 34.8 Å². The predicted octanol–water partition coefficient (Wildman–Crippen LogP) is 5.54. The predicted molar refractivity (Wildman–Crippen MR) is 145 cm³/mol. The molecule has 0 bridgehead atoms. The molecule has 0 N–H and O–H groups in total. The smallest absolute Gasteiger partial charge is 0.255 e. The van der Waals surface area contributed by atoms with Crippen molar-refractivity contribution in [3.05, 3.63) is 86.6 Å². The molecule has 0 spiro atoms. The Morgan fingerprint density at radius 3 is 2.76 bits per heavy atom. The second kappa shape index (κ2) is 11.7. The third-order valence-corrected chi connectivity index (χ3v) is 8.40. The average Bonchev–Trinajstić information content (AvgIpc) is 3.60. The van der Waals surface area contributed by atoms with Crippen LogP contribution in [0.1, 0.15) is 45.2 Å². The topological polar surface area (TPSA) is 59.1 Å². The molecule has 1 fully saturated rings. The Hall–Kier alpha value is -2.87. The van der Waals surface area contributed by atoms with E-state index in [0.29, 0.717) is 36.9 Å². The summed E-state index contributed by atoms with van der Waals surface area (Å²) >= 11 is 8.07. The lowest BCUT2D eigenvalue weighted by Crippen LogP contribution is -2.49. The first-order chi connectivity index (χ1) is 18.0. The zero-order chi connectivity index (χ0) is 25.8. The van der Waals surface area contributed by atoms with E-state index in [4.69, 9.17) is 21.1 Å². The van der Waals surface area contributed by atoms with Gasteiger partial charge >= 0.3 is 0 Å². The number of carbonyl (C=O) groups is 2. The van der Waals surface area contributed by atoms with E-state index in [1.165, 1.54) is 4.88 Å². The summed E-state index contributed by atoms with van der Waals surface area (Å²) in [4.78, 5) is 32.1. The summed E-state index contributed by atoms with van der Waals surface area (Å²) in [7, 11) is 0. The third kappa shape index (κ3) is 5.84. The van der Waals surface area contributed by atoms with Gasteiger partial charge in [0.15, 0.2) is 0 Å². The maximum atomic E-state index is 13.8. The van der Waals surface area contributed by atoms with Crippen LogP contribution in [0.3, 0.4) is 0 Å². The van der Waals surface area contributed by atoms with Crippen LogP contribution >= 0.6 is 22.9 Å². The van der Waals surface area contributed by atoms with Gasteiger partial charge in [0, 0.05) is 24.6 Å². The molecular weight excluding hydrogens is 508 g/mol. The first-order valence-electron chi connectivity index (χ1n) is 12.7. The highest BCUT2D eigenvalue weighted by Gasteiger charge is 2.35. The van der Waals surface area contributed by atoms with Gasteiger partial charge in [-0.25, -0.2) is 0 Å². The quantitative estimate of drug-likeness (QED) is 0.378. The molecule has 5 rings (SSSR count). The molecule has 2 aromatic carbocycles. The van der Waals surface area contributed by atoms with Gasteiger partial charge in [-0.15, -0.1) is 11.3 Å². The van der Waals surface area contributed by atoms with E-state index in [-0.39, 0.29) is 30.5 Å². The molecule has 2 unspecified atom stereocenters. The van der Waals surface area contributed by atoms with Crippen molar-refractivity contribution in [3.8, 4) is 5.75 Å². The fraction of sp³-hybridized carbons (Fsp3) is 0.379. The van der Waals surface area contributed by atoms with Crippen molar-refractivity contribution in [1.29, 1.82) is 0 Å². The van der Waals surface area contributed by atoms with Crippen molar-refractivity contribution in [2.75, 3.05) is 32.8 Å². The molecule has 3 aromatic rings. The van der Waals surface area contributed by atoms with Gasteiger partial charge in [-0.05, 0) is 67.0 Å². The molecule has 0 radical (unpaired) electrons. The Morgan fingerprint density at radius 2 is 1.97 bits per heavy atom. The van der Waals surface area contributed by atoms with Gasteiger partial charge in [0.25, 0.3) is 5.91 Å². The number of rotatable bonds is 8. The summed E-state index contributed by atoms with van der Waals surface area (Å²) in [6, 6.07) is 16.7. The normalized spacial score (nSPS) is 18.9. The van der Waals surface area contributed by atoms with Crippen LogP contribution in [-0.4, -0.2) is 60.6 Å². The van der Waals surface area contributed by atoms with Crippen LogP contribution in [0.25, 0.3) is 0 Å². The lowest BCUT2D eigenvalue weighted by molar-refractivity contribution is -0.135. The number of fused-ring (bicyclic) bond motifs is 1.